The van der Waals surface area contributed by atoms with Gasteiger partial charge in [-0.25, -0.2) is 4.79 Å². The van der Waals surface area contributed by atoms with Crippen molar-refractivity contribution >= 4 is 17.3 Å². The Morgan fingerprint density at radius 2 is 2.06 bits per heavy atom. The van der Waals surface area contributed by atoms with Gasteiger partial charge in [0.1, 0.15) is 17.2 Å². The van der Waals surface area contributed by atoms with Crippen molar-refractivity contribution in [2.75, 3.05) is 0 Å². The number of aromatic carboxylic acids is 1. The highest BCUT2D eigenvalue weighted by molar-refractivity contribution is 7.13. The topological polar surface area (TPSA) is 46.5 Å². The molecule has 0 atom stereocenters. The Morgan fingerprint density at radius 3 is 2.71 bits per heavy atom. The van der Waals surface area contributed by atoms with E-state index in [9.17, 15) is 4.79 Å². The first-order valence-electron chi connectivity index (χ1n) is 5.17. The Balaban J connectivity index is 2.02. The van der Waals surface area contributed by atoms with E-state index in [0.717, 1.165) is 16.2 Å². The molecule has 1 N–H and O–H groups in total. The molecule has 2 aromatic rings. The number of thiophene rings is 1. The van der Waals surface area contributed by atoms with Crippen LogP contribution in [0.15, 0.2) is 36.4 Å². The molecule has 1 aromatic heterocycles. The number of benzene rings is 1. The smallest absolute Gasteiger partial charge is 0.345 e. The van der Waals surface area contributed by atoms with E-state index in [1.54, 1.807) is 12.1 Å². The maximum atomic E-state index is 10.7. The molecule has 0 aliphatic heterocycles. The van der Waals surface area contributed by atoms with Crippen molar-refractivity contribution in [2.45, 2.75) is 13.5 Å². The molecule has 0 fully saturated rings. The molecule has 0 aliphatic carbocycles. The summed E-state index contributed by atoms with van der Waals surface area (Å²) in [5.41, 5.74) is 1.07. The average Bonchev–Trinajstić information content (AvgIpc) is 2.77. The number of ether oxygens (including phenoxy) is 1. The van der Waals surface area contributed by atoms with E-state index in [1.165, 1.54) is 11.3 Å². The summed E-state index contributed by atoms with van der Waals surface area (Å²) in [5, 5.41) is 8.80. The van der Waals surface area contributed by atoms with Gasteiger partial charge in [0.25, 0.3) is 0 Å². The molecule has 0 saturated heterocycles. The van der Waals surface area contributed by atoms with Crippen molar-refractivity contribution in [3.8, 4) is 5.75 Å². The van der Waals surface area contributed by atoms with Gasteiger partial charge in [-0.1, -0.05) is 18.2 Å². The Kier molecular flexibility index (Phi) is 3.44. The molecule has 0 unspecified atom stereocenters. The summed E-state index contributed by atoms with van der Waals surface area (Å²) in [5.74, 6) is -0.0603. The van der Waals surface area contributed by atoms with Gasteiger partial charge in [-0.3, -0.25) is 0 Å². The molecule has 88 valence electrons. The lowest BCUT2D eigenvalue weighted by Crippen LogP contribution is -1.94. The first kappa shape index (κ1) is 11.7. The molecule has 4 heteroatoms. The minimum absolute atomic E-state index is 0.341. The molecule has 1 heterocycles. The Labute approximate surface area is 103 Å². The zero-order valence-corrected chi connectivity index (χ0v) is 10.2. The lowest BCUT2D eigenvalue weighted by Gasteiger charge is -2.06. The third-order valence-electron chi connectivity index (χ3n) is 2.34. The van der Waals surface area contributed by atoms with Crippen molar-refractivity contribution in [3.05, 3.63) is 51.7 Å². The standard InChI is InChI=1S/C13H12O3S/c1-9-4-2-3-5-11(9)16-8-10-6-7-12(17-10)13(14)15/h2-7H,8H2,1H3,(H,14,15). The highest BCUT2D eigenvalue weighted by Crippen LogP contribution is 2.21. The van der Waals surface area contributed by atoms with Crippen LogP contribution < -0.4 is 4.74 Å². The average molecular weight is 248 g/mol. The monoisotopic (exact) mass is 248 g/mol. The van der Waals surface area contributed by atoms with Crippen LogP contribution in [0.2, 0.25) is 0 Å². The van der Waals surface area contributed by atoms with Gasteiger partial charge in [0.2, 0.25) is 0 Å². The first-order chi connectivity index (χ1) is 8.16. The second kappa shape index (κ2) is 5.01. The number of hydrogen-bond donors (Lipinski definition) is 1. The van der Waals surface area contributed by atoms with Crippen LogP contribution >= 0.6 is 11.3 Å². The van der Waals surface area contributed by atoms with E-state index in [1.807, 2.05) is 31.2 Å². The predicted octanol–water partition coefficient (Wildman–Crippen LogP) is 3.33. The van der Waals surface area contributed by atoms with E-state index in [4.69, 9.17) is 9.84 Å². The number of carbonyl (C=O) groups is 1. The van der Waals surface area contributed by atoms with Gasteiger partial charge in [0, 0.05) is 4.88 Å². The van der Waals surface area contributed by atoms with Crippen LogP contribution in [-0.2, 0) is 6.61 Å². The van der Waals surface area contributed by atoms with Crippen molar-refractivity contribution < 1.29 is 14.6 Å². The molecule has 0 bridgehead atoms. The lowest BCUT2D eigenvalue weighted by atomic mass is 10.2. The molecule has 3 nitrogen and oxygen atoms in total. The van der Waals surface area contributed by atoms with Gasteiger partial charge in [-0.05, 0) is 30.7 Å². The summed E-state index contributed by atoms with van der Waals surface area (Å²) in [7, 11) is 0. The zero-order valence-electron chi connectivity index (χ0n) is 9.34. The predicted molar refractivity (Wildman–Crippen MR) is 66.8 cm³/mol. The number of hydrogen-bond acceptors (Lipinski definition) is 3. The van der Waals surface area contributed by atoms with E-state index in [2.05, 4.69) is 0 Å². The van der Waals surface area contributed by atoms with Gasteiger partial charge < -0.3 is 9.84 Å². The van der Waals surface area contributed by atoms with Crippen LogP contribution in [0.3, 0.4) is 0 Å². The first-order valence-corrected chi connectivity index (χ1v) is 5.99. The third-order valence-corrected chi connectivity index (χ3v) is 3.38. The molecule has 17 heavy (non-hydrogen) atoms. The lowest BCUT2D eigenvalue weighted by molar-refractivity contribution is 0.0702. The van der Waals surface area contributed by atoms with E-state index in [-0.39, 0.29) is 0 Å². The van der Waals surface area contributed by atoms with E-state index >= 15 is 0 Å². The molecular formula is C13H12O3S. The number of carboxylic acids is 1. The SMILES string of the molecule is Cc1ccccc1OCc1ccc(C(=O)O)s1. The number of aryl methyl sites for hydroxylation is 1. The minimum atomic E-state index is -0.892. The second-order valence-corrected chi connectivity index (χ2v) is 4.79. The molecule has 1 aromatic carbocycles. The van der Waals surface area contributed by atoms with Crippen molar-refractivity contribution in [1.29, 1.82) is 0 Å². The summed E-state index contributed by atoms with van der Waals surface area (Å²) in [6.45, 7) is 2.38. The van der Waals surface area contributed by atoms with Crippen LogP contribution in [0.5, 0.6) is 5.75 Å². The number of rotatable bonds is 4. The van der Waals surface area contributed by atoms with Crippen molar-refractivity contribution in [2.24, 2.45) is 0 Å². The van der Waals surface area contributed by atoms with E-state index in [0.29, 0.717) is 11.5 Å². The summed E-state index contributed by atoms with van der Waals surface area (Å²) < 4.78 is 5.63. The fraction of sp³-hybridized carbons (Fsp3) is 0.154. The van der Waals surface area contributed by atoms with Crippen molar-refractivity contribution in [3.63, 3.8) is 0 Å². The van der Waals surface area contributed by atoms with Gasteiger partial charge in [-0.15, -0.1) is 11.3 Å². The van der Waals surface area contributed by atoms with E-state index < -0.39 is 5.97 Å². The van der Waals surface area contributed by atoms with Gasteiger partial charge in [-0.2, -0.15) is 0 Å². The van der Waals surface area contributed by atoms with Crippen LogP contribution in [0, 0.1) is 6.92 Å². The van der Waals surface area contributed by atoms with Gasteiger partial charge in [0.15, 0.2) is 0 Å². The van der Waals surface area contributed by atoms with Crippen LogP contribution in [0.1, 0.15) is 20.1 Å². The second-order valence-electron chi connectivity index (χ2n) is 3.63. The summed E-state index contributed by atoms with van der Waals surface area (Å²) in [6.07, 6.45) is 0. The molecule has 0 spiro atoms. The largest absolute Gasteiger partial charge is 0.488 e. The highest BCUT2D eigenvalue weighted by atomic mass is 32.1. The molecule has 0 radical (unpaired) electrons. The minimum Gasteiger partial charge on any atom is -0.488 e. The van der Waals surface area contributed by atoms with Gasteiger partial charge >= 0.3 is 5.97 Å². The van der Waals surface area contributed by atoms with Crippen LogP contribution in [0.25, 0.3) is 0 Å². The molecular weight excluding hydrogens is 236 g/mol. The maximum Gasteiger partial charge on any atom is 0.345 e. The quantitative estimate of drug-likeness (QED) is 0.902. The fourth-order valence-corrected chi connectivity index (χ4v) is 2.20. The molecule has 2 rings (SSSR count). The summed E-state index contributed by atoms with van der Waals surface area (Å²) in [4.78, 5) is 12.0. The fourth-order valence-electron chi connectivity index (χ4n) is 1.44. The summed E-state index contributed by atoms with van der Waals surface area (Å²) in [6, 6.07) is 11.1. The van der Waals surface area contributed by atoms with Gasteiger partial charge in [0.05, 0.1) is 0 Å². The normalized spacial score (nSPS) is 10.2. The number of carboxylic acid groups (broad SMARTS) is 1. The zero-order chi connectivity index (χ0) is 12.3. The molecule has 0 amide bonds. The highest BCUT2D eigenvalue weighted by Gasteiger charge is 2.07. The molecule has 0 saturated carbocycles. The Bertz CT molecular complexity index is 531. The van der Waals surface area contributed by atoms with Crippen molar-refractivity contribution in [1.82, 2.24) is 0 Å². The third kappa shape index (κ3) is 2.85. The maximum absolute atomic E-state index is 10.7. The Hall–Kier alpha value is -1.81. The number of para-hydroxylation sites is 1. The molecule has 0 aliphatic rings. The Morgan fingerprint density at radius 1 is 1.29 bits per heavy atom. The van der Waals surface area contributed by atoms with Crippen LogP contribution in [0.4, 0.5) is 0 Å². The van der Waals surface area contributed by atoms with Crippen LogP contribution in [-0.4, -0.2) is 11.1 Å². The summed E-state index contributed by atoms with van der Waals surface area (Å²) >= 11 is 1.24.